The number of hydrogen-bond acceptors (Lipinski definition) is 6. The number of fused-ring (bicyclic) bond motifs is 1. The molecule has 2 amide bonds. The van der Waals surface area contributed by atoms with Gasteiger partial charge in [0, 0.05) is 44.9 Å². The minimum Gasteiger partial charge on any atom is -0.508 e. The molecule has 1 fully saturated rings. The predicted octanol–water partition coefficient (Wildman–Crippen LogP) is 2.14. The topological polar surface area (TPSA) is 106 Å². The fourth-order valence-corrected chi connectivity index (χ4v) is 3.45. The van der Waals surface area contributed by atoms with E-state index in [2.05, 4.69) is 12.2 Å². The highest BCUT2D eigenvalue weighted by molar-refractivity contribution is 5.91. The number of carbonyl (C=O) groups excluding carboxylic acids is 1. The number of nitrogens with one attached hydrogen (secondary N) is 1. The molecule has 8 nitrogen and oxygen atoms in total. The van der Waals surface area contributed by atoms with E-state index in [1.54, 1.807) is 11.8 Å². The number of phenolic OH excluding ortho intramolecular Hbond substituents is 2. The fraction of sp³-hybridized carbons (Fsp3) is 0.474. The zero-order chi connectivity index (χ0) is 19.6. The molecule has 1 saturated heterocycles. The van der Waals surface area contributed by atoms with Gasteiger partial charge in [-0.1, -0.05) is 13.3 Å². The van der Waals surface area contributed by atoms with E-state index < -0.39 is 5.63 Å². The first-order valence-corrected chi connectivity index (χ1v) is 9.19. The molecule has 3 rings (SSSR count). The number of nitrogens with zero attached hydrogens (tertiary/aromatic N) is 2. The van der Waals surface area contributed by atoms with Gasteiger partial charge in [0.05, 0.1) is 5.39 Å². The van der Waals surface area contributed by atoms with Crippen LogP contribution in [0.25, 0.3) is 11.0 Å². The van der Waals surface area contributed by atoms with E-state index in [1.807, 2.05) is 4.90 Å². The highest BCUT2D eigenvalue weighted by Gasteiger charge is 2.26. The number of phenols is 2. The number of anilines is 1. The number of aromatic hydroxyl groups is 2. The number of aryl methyl sites for hydroxylation is 1. The van der Waals surface area contributed by atoms with Gasteiger partial charge >= 0.3 is 11.7 Å². The van der Waals surface area contributed by atoms with Crippen molar-refractivity contribution in [2.75, 3.05) is 37.6 Å². The third-order valence-corrected chi connectivity index (χ3v) is 4.88. The Kier molecular flexibility index (Phi) is 5.43. The van der Waals surface area contributed by atoms with E-state index in [0.717, 1.165) is 12.8 Å². The second-order valence-electron chi connectivity index (χ2n) is 6.76. The van der Waals surface area contributed by atoms with Crippen LogP contribution in [0.1, 0.15) is 25.3 Å². The molecule has 2 heterocycles. The first kappa shape index (κ1) is 18.9. The minimum atomic E-state index is -0.522. The SMILES string of the molecule is CCCCNC(=O)N1CCN(c2c(C)c3c(O)cc(O)cc3oc2=O)CC1. The van der Waals surface area contributed by atoms with Crippen molar-refractivity contribution in [3.8, 4) is 11.5 Å². The Morgan fingerprint density at radius 3 is 2.59 bits per heavy atom. The van der Waals surface area contributed by atoms with Gasteiger partial charge in [0.25, 0.3) is 0 Å². The van der Waals surface area contributed by atoms with E-state index in [0.29, 0.717) is 49.4 Å². The van der Waals surface area contributed by atoms with Crippen molar-refractivity contribution in [1.29, 1.82) is 0 Å². The van der Waals surface area contributed by atoms with Crippen LogP contribution in [0, 0.1) is 6.92 Å². The van der Waals surface area contributed by atoms with Crippen molar-refractivity contribution in [3.05, 3.63) is 28.1 Å². The monoisotopic (exact) mass is 375 g/mol. The molecule has 0 atom stereocenters. The number of rotatable bonds is 4. The van der Waals surface area contributed by atoms with Crippen LogP contribution in [0.3, 0.4) is 0 Å². The Balaban J connectivity index is 1.79. The number of amides is 2. The van der Waals surface area contributed by atoms with E-state index >= 15 is 0 Å². The Labute approximate surface area is 157 Å². The maximum atomic E-state index is 12.5. The largest absolute Gasteiger partial charge is 0.508 e. The third kappa shape index (κ3) is 3.79. The highest BCUT2D eigenvalue weighted by Crippen LogP contribution is 2.34. The summed E-state index contributed by atoms with van der Waals surface area (Å²) in [6.45, 7) is 6.47. The molecule has 0 saturated carbocycles. The summed E-state index contributed by atoms with van der Waals surface area (Å²) in [5.41, 5.74) is 0.604. The Bertz CT molecular complexity index is 900. The molecule has 1 aliphatic rings. The summed E-state index contributed by atoms with van der Waals surface area (Å²) in [6, 6.07) is 2.45. The van der Waals surface area contributed by atoms with E-state index in [9.17, 15) is 19.8 Å². The number of benzene rings is 1. The molecule has 1 aromatic carbocycles. The van der Waals surface area contributed by atoms with E-state index in [4.69, 9.17) is 4.42 Å². The van der Waals surface area contributed by atoms with Crippen LogP contribution in [0.5, 0.6) is 11.5 Å². The van der Waals surface area contributed by atoms with Gasteiger partial charge in [-0.15, -0.1) is 0 Å². The molecule has 27 heavy (non-hydrogen) atoms. The lowest BCUT2D eigenvalue weighted by Gasteiger charge is -2.36. The summed E-state index contributed by atoms with van der Waals surface area (Å²) in [5.74, 6) is -0.306. The zero-order valence-electron chi connectivity index (χ0n) is 15.6. The summed E-state index contributed by atoms with van der Waals surface area (Å²) in [6.07, 6.45) is 1.97. The van der Waals surface area contributed by atoms with Gasteiger partial charge in [0.1, 0.15) is 22.8 Å². The quantitative estimate of drug-likeness (QED) is 0.558. The molecule has 1 aliphatic heterocycles. The van der Waals surface area contributed by atoms with Gasteiger partial charge in [-0.05, 0) is 18.9 Å². The van der Waals surface area contributed by atoms with E-state index in [-0.39, 0.29) is 23.1 Å². The van der Waals surface area contributed by atoms with Crippen LogP contribution in [0.2, 0.25) is 0 Å². The van der Waals surface area contributed by atoms with Crippen molar-refractivity contribution in [3.63, 3.8) is 0 Å². The average Bonchev–Trinajstić information content (AvgIpc) is 2.61. The number of urea groups is 1. The van der Waals surface area contributed by atoms with Gasteiger partial charge < -0.3 is 29.7 Å². The third-order valence-electron chi connectivity index (χ3n) is 4.88. The smallest absolute Gasteiger partial charge is 0.360 e. The summed E-state index contributed by atoms with van der Waals surface area (Å²) >= 11 is 0. The Morgan fingerprint density at radius 1 is 1.22 bits per heavy atom. The van der Waals surface area contributed by atoms with Crippen LogP contribution >= 0.6 is 0 Å². The number of hydrogen-bond donors (Lipinski definition) is 3. The Hall–Kier alpha value is -2.90. The van der Waals surface area contributed by atoms with Crippen LogP contribution in [0.15, 0.2) is 21.3 Å². The van der Waals surface area contributed by atoms with Crippen molar-refractivity contribution < 1.29 is 19.4 Å². The molecular formula is C19H25N3O5. The second-order valence-corrected chi connectivity index (χ2v) is 6.76. The summed E-state index contributed by atoms with van der Waals surface area (Å²) in [4.78, 5) is 28.3. The molecule has 0 aliphatic carbocycles. The minimum absolute atomic E-state index is 0.0847. The van der Waals surface area contributed by atoms with Crippen LogP contribution in [0.4, 0.5) is 10.5 Å². The lowest BCUT2D eigenvalue weighted by Crippen LogP contribution is -2.52. The maximum absolute atomic E-state index is 12.5. The summed E-state index contributed by atoms with van der Waals surface area (Å²) < 4.78 is 5.32. The molecule has 0 spiro atoms. The first-order valence-electron chi connectivity index (χ1n) is 9.19. The average molecular weight is 375 g/mol. The molecule has 0 unspecified atom stereocenters. The molecule has 3 N–H and O–H groups in total. The van der Waals surface area contributed by atoms with Gasteiger partial charge in [0.15, 0.2) is 0 Å². The number of unbranched alkanes of at least 4 members (excludes halogenated alkanes) is 1. The van der Waals surface area contributed by atoms with Crippen LogP contribution < -0.4 is 15.8 Å². The standard InChI is InChI=1S/C19H25N3O5/c1-3-4-5-20-19(26)22-8-6-21(7-9-22)17-12(2)16-14(24)10-13(23)11-15(16)27-18(17)25/h10-11,23-24H,3-9H2,1-2H3,(H,20,26). The van der Waals surface area contributed by atoms with Gasteiger partial charge in [-0.25, -0.2) is 9.59 Å². The molecule has 2 aromatic rings. The van der Waals surface area contributed by atoms with Crippen molar-refractivity contribution in [1.82, 2.24) is 10.2 Å². The maximum Gasteiger partial charge on any atom is 0.360 e. The summed E-state index contributed by atoms with van der Waals surface area (Å²) in [7, 11) is 0. The molecule has 0 bridgehead atoms. The second kappa shape index (κ2) is 7.77. The number of carbonyl (C=O) groups is 1. The fourth-order valence-electron chi connectivity index (χ4n) is 3.45. The normalized spacial score (nSPS) is 14.6. The van der Waals surface area contributed by atoms with Crippen molar-refractivity contribution in [2.45, 2.75) is 26.7 Å². The summed E-state index contributed by atoms with van der Waals surface area (Å²) in [5, 5.41) is 23.1. The molecular weight excluding hydrogens is 350 g/mol. The Morgan fingerprint density at radius 2 is 1.93 bits per heavy atom. The van der Waals surface area contributed by atoms with Gasteiger partial charge in [-0.3, -0.25) is 0 Å². The molecule has 8 heteroatoms. The number of piperazine rings is 1. The van der Waals surface area contributed by atoms with Crippen LogP contribution in [-0.2, 0) is 0 Å². The lowest BCUT2D eigenvalue weighted by atomic mass is 10.1. The lowest BCUT2D eigenvalue weighted by molar-refractivity contribution is 0.194. The van der Waals surface area contributed by atoms with Crippen molar-refractivity contribution in [2.24, 2.45) is 0 Å². The first-order chi connectivity index (χ1) is 12.9. The predicted molar refractivity (Wildman–Crippen MR) is 103 cm³/mol. The molecule has 146 valence electrons. The van der Waals surface area contributed by atoms with Crippen LogP contribution in [-0.4, -0.2) is 53.9 Å². The molecule has 0 radical (unpaired) electrons. The zero-order valence-corrected chi connectivity index (χ0v) is 15.6. The van der Waals surface area contributed by atoms with Crippen molar-refractivity contribution >= 4 is 22.7 Å². The highest BCUT2D eigenvalue weighted by atomic mass is 16.4. The van der Waals surface area contributed by atoms with Gasteiger partial charge in [0.2, 0.25) is 0 Å². The van der Waals surface area contributed by atoms with Gasteiger partial charge in [-0.2, -0.15) is 0 Å². The van der Waals surface area contributed by atoms with E-state index in [1.165, 1.54) is 12.1 Å². The molecule has 1 aromatic heterocycles.